The van der Waals surface area contributed by atoms with Crippen LogP contribution >= 0.6 is 7.82 Å². The summed E-state index contributed by atoms with van der Waals surface area (Å²) in [5.41, 5.74) is 6.20. The average molecular weight is 1580 g/mol. The van der Waals surface area contributed by atoms with Crippen LogP contribution in [-0.4, -0.2) is 298 Å². The number of allylic oxidation sites excluding steroid dienone is 10. The SMILES string of the molecule is C=C(C/C=C(\C)CCC=C(C)C)CCC(C)(C)/C=C/CC/C(C)=C/CO[C@@H](COP(=O)(O)O[C@H]1O[C@H](C(=O)O)[C@@](C)(O)[C@H](OC(N)=O)[C@H]1O[C@@H]1O[C@H](CO[C@@H]2O[C@H](CO)[C@@H](O)[C@H](O)[C@H]2O)[C@@H](O[C@@H]2O[C@H](C)[C@@H](O[C@@H]3O[C@H](C(=O)NC4=C(O)CCC4=O)[C@H](O)[C@H](O)[C@H]3O)[C@H](O)[C@H]2NC(C)=O)[C@H](O)[C@H]1NC(C)=O)C(=O)O. The molecule has 0 aromatic rings. The number of aliphatic hydroxyl groups is 11. The number of carbonyl (C=O) groups excluding carboxylic acids is 5. The Morgan fingerprint density at radius 2 is 1.29 bits per heavy atom. The highest BCUT2D eigenvalue weighted by Crippen LogP contribution is 2.49. The van der Waals surface area contributed by atoms with Crippen molar-refractivity contribution >= 4 is 49.4 Å². The summed E-state index contributed by atoms with van der Waals surface area (Å²) in [7, 11) is -5.89. The minimum absolute atomic E-state index is 0.131. The van der Waals surface area contributed by atoms with Crippen LogP contribution in [0, 0.1) is 5.41 Å². The predicted molar refractivity (Wildman–Crippen MR) is 370 cm³/mol. The van der Waals surface area contributed by atoms with Crippen molar-refractivity contribution in [2.24, 2.45) is 11.1 Å². The topological polar surface area (TPSA) is 602 Å². The van der Waals surface area contributed by atoms with Crippen LogP contribution in [0.25, 0.3) is 0 Å². The van der Waals surface area contributed by atoms with Crippen molar-refractivity contribution in [3.63, 3.8) is 0 Å². The van der Waals surface area contributed by atoms with Crippen molar-refractivity contribution < 1.29 is 171 Å². The molecule has 0 aromatic carbocycles. The molecule has 19 N–H and O–H groups in total. The maximum Gasteiger partial charge on any atom is 0.474 e. The zero-order chi connectivity index (χ0) is 81.5. The first-order chi connectivity index (χ1) is 50.9. The number of rotatable bonds is 37. The van der Waals surface area contributed by atoms with Crippen molar-refractivity contribution in [1.82, 2.24) is 16.0 Å². The molecule has 109 heavy (non-hydrogen) atoms. The Balaban J connectivity index is 1.25. The van der Waals surface area contributed by atoms with E-state index in [9.17, 15) is 109 Å². The molecule has 618 valence electrons. The zero-order valence-electron chi connectivity index (χ0n) is 62.1. The summed E-state index contributed by atoms with van der Waals surface area (Å²) in [5.74, 6) is -8.21. The summed E-state index contributed by atoms with van der Waals surface area (Å²) in [6, 6.07) is -4.03. The third-order valence-corrected chi connectivity index (χ3v) is 19.8. The fourth-order valence-electron chi connectivity index (χ4n) is 12.6. The third-order valence-electron chi connectivity index (χ3n) is 18.9. The summed E-state index contributed by atoms with van der Waals surface area (Å²) < 4.78 is 88.5. The van der Waals surface area contributed by atoms with Crippen molar-refractivity contribution in [2.75, 3.05) is 26.4 Å². The Bertz CT molecular complexity index is 3360. The second kappa shape index (κ2) is 40.5. The number of Topliss-reactive ketones (excluding diaryl/α,β-unsaturated/α-hetero) is 1. The number of aliphatic carboxylic acids is 2. The molecule has 0 aromatic heterocycles. The summed E-state index contributed by atoms with van der Waals surface area (Å²) in [6.45, 7) is 16.6. The Labute approximate surface area is 628 Å². The quantitative estimate of drug-likeness (QED) is 0.0250. The van der Waals surface area contributed by atoms with Crippen LogP contribution in [0.2, 0.25) is 0 Å². The van der Waals surface area contributed by atoms with Gasteiger partial charge in [-0.3, -0.25) is 28.2 Å². The van der Waals surface area contributed by atoms with E-state index >= 15 is 0 Å². The van der Waals surface area contributed by atoms with Gasteiger partial charge in [-0.2, -0.15) is 0 Å². The number of ketones is 1. The van der Waals surface area contributed by atoms with E-state index in [0.717, 1.165) is 57.1 Å². The van der Waals surface area contributed by atoms with Gasteiger partial charge in [0.15, 0.2) is 67.8 Å². The number of hydrogen-bond acceptors (Lipinski definition) is 32. The first-order valence-electron chi connectivity index (χ1n) is 35.3. The maximum absolute atomic E-state index is 14.1. The Morgan fingerprint density at radius 3 is 1.88 bits per heavy atom. The first-order valence-corrected chi connectivity index (χ1v) is 36.8. The van der Waals surface area contributed by atoms with Crippen LogP contribution in [-0.2, 0) is 94.5 Å². The molecule has 39 nitrogen and oxygen atoms in total. The van der Waals surface area contributed by atoms with Gasteiger partial charge in [-0.15, -0.1) is 0 Å². The van der Waals surface area contributed by atoms with Crippen LogP contribution < -0.4 is 21.7 Å². The van der Waals surface area contributed by atoms with Gasteiger partial charge < -0.3 is 145 Å². The van der Waals surface area contributed by atoms with E-state index in [1.54, 1.807) is 13.0 Å². The Kier molecular flexibility index (Phi) is 34.1. The largest absolute Gasteiger partial charge is 0.510 e. The van der Waals surface area contributed by atoms with E-state index in [1.807, 2.05) is 6.08 Å². The van der Waals surface area contributed by atoms with Gasteiger partial charge in [0.05, 0.1) is 32.5 Å². The molecule has 5 aliphatic heterocycles. The number of carboxylic acid groups (broad SMARTS) is 2. The average Bonchev–Trinajstić information content (AvgIpc) is 1.80. The normalized spacial score (nSPS) is 35.6. The molecule has 0 bridgehead atoms. The number of phosphoric acid groups is 1. The minimum Gasteiger partial charge on any atom is -0.510 e. The number of hydrogen-bond donors (Lipinski definition) is 18. The summed E-state index contributed by atoms with van der Waals surface area (Å²) in [4.78, 5) is 101. The molecule has 0 saturated carbocycles. The molecule has 0 radical (unpaired) electrons. The van der Waals surface area contributed by atoms with Gasteiger partial charge in [-0.1, -0.05) is 73.1 Å². The van der Waals surface area contributed by atoms with E-state index in [1.165, 1.54) is 18.1 Å². The predicted octanol–water partition coefficient (Wildman–Crippen LogP) is -1.43. The first kappa shape index (κ1) is 91.7. The molecule has 1 aliphatic carbocycles. The lowest BCUT2D eigenvalue weighted by atomic mass is 9.85. The van der Waals surface area contributed by atoms with Gasteiger partial charge in [-0.05, 0) is 91.9 Å². The lowest BCUT2D eigenvalue weighted by Crippen LogP contribution is -2.72. The number of phosphoric ester groups is 1. The van der Waals surface area contributed by atoms with Gasteiger partial charge >= 0.3 is 25.9 Å². The van der Waals surface area contributed by atoms with Crippen LogP contribution in [0.4, 0.5) is 4.79 Å². The van der Waals surface area contributed by atoms with E-state index in [4.69, 9.17) is 66.9 Å². The van der Waals surface area contributed by atoms with Crippen molar-refractivity contribution in [3.8, 4) is 0 Å². The molecule has 5 saturated heterocycles. The number of carbonyl (C=O) groups is 7. The van der Waals surface area contributed by atoms with E-state index in [2.05, 4.69) is 75.4 Å². The molecule has 27 atom stereocenters. The molecule has 5 heterocycles. The number of nitrogens with one attached hydrogen (secondary N) is 3. The van der Waals surface area contributed by atoms with Gasteiger partial charge in [0, 0.05) is 26.7 Å². The van der Waals surface area contributed by atoms with Crippen LogP contribution in [0.15, 0.2) is 70.7 Å². The number of primary amides is 1. The van der Waals surface area contributed by atoms with Crippen molar-refractivity contribution in [1.29, 1.82) is 0 Å². The van der Waals surface area contributed by atoms with E-state index in [0.29, 0.717) is 19.8 Å². The molecule has 5 fully saturated rings. The summed E-state index contributed by atoms with van der Waals surface area (Å²) >= 11 is 0. The van der Waals surface area contributed by atoms with Crippen molar-refractivity contribution in [3.05, 3.63) is 70.7 Å². The molecule has 6 aliphatic rings. The Hall–Kier alpha value is -6.16. The smallest absolute Gasteiger partial charge is 0.474 e. The monoisotopic (exact) mass is 1580 g/mol. The lowest BCUT2D eigenvalue weighted by molar-refractivity contribution is -0.375. The van der Waals surface area contributed by atoms with Gasteiger partial charge in [-0.25, -0.2) is 18.9 Å². The lowest BCUT2D eigenvalue weighted by Gasteiger charge is -2.51. The zero-order valence-corrected chi connectivity index (χ0v) is 63.0. The van der Waals surface area contributed by atoms with E-state index < -0.39 is 240 Å². The van der Waals surface area contributed by atoms with Gasteiger partial charge in [0.2, 0.25) is 11.8 Å². The molecule has 40 heteroatoms. The van der Waals surface area contributed by atoms with Gasteiger partial charge in [0.25, 0.3) is 5.91 Å². The maximum atomic E-state index is 14.1. The molecule has 6 rings (SSSR count). The molecular weight excluding hydrogens is 1480 g/mol. The van der Waals surface area contributed by atoms with Gasteiger partial charge in [0.1, 0.15) is 102 Å². The number of nitrogens with two attached hydrogens (primary N) is 1. The second-order valence-electron chi connectivity index (χ2n) is 28.8. The van der Waals surface area contributed by atoms with Crippen LogP contribution in [0.3, 0.4) is 0 Å². The Morgan fingerprint density at radius 1 is 0.716 bits per heavy atom. The molecule has 0 spiro atoms. The van der Waals surface area contributed by atoms with E-state index in [-0.39, 0.29) is 24.9 Å². The molecule has 4 amide bonds. The minimum atomic E-state index is -5.89. The summed E-state index contributed by atoms with van der Waals surface area (Å²) in [6.07, 6.45) is -36.2. The fourth-order valence-corrected chi connectivity index (χ4v) is 13.4. The highest BCUT2D eigenvalue weighted by molar-refractivity contribution is 7.47. The molecular formula is C69H107N4O35P. The van der Waals surface area contributed by atoms with Crippen molar-refractivity contribution in [2.45, 2.75) is 286 Å². The number of aliphatic hydroxyl groups excluding tert-OH is 10. The third kappa shape index (κ3) is 25.4. The van der Waals surface area contributed by atoms with Crippen LogP contribution in [0.1, 0.15) is 127 Å². The fraction of sp³-hybridized carbons (Fsp3) is 0.725. The number of amides is 4. The summed E-state index contributed by atoms with van der Waals surface area (Å²) in [5, 5.41) is 149. The number of carboxylic acids is 2. The molecule has 1 unspecified atom stereocenters. The second-order valence-corrected chi connectivity index (χ2v) is 30.2. The highest BCUT2D eigenvalue weighted by atomic mass is 31.2. The standard InChI is InChI=1S/C69H107N4O35P/c1-30(2)15-14-17-31(3)18-19-33(5)22-25-68(9,10)24-13-12-16-32(4)23-26-96-41(60(88)89)29-98-109(94,95)108-66-56(57(107-67(70)92)69(11,93)58(106-66)61(90)91)105-63-44(72-36(8)76)47(81)54(40(101-63)28-97-64-51(85)48(82)45(79)39(27-74)100-64)103-62-43(71-35(7)75)46(80)53(34(6)99-62)102-65-52(86)49(83)50(84)55(104-65)59(87)73-42-37(77)20-21-38(42)78/h13,15,18,23-24,34,39-41,43-58,62-66,74,77,79-86,93H,5,12,14,16-17,19-22,25-29H2,1-4,6-11H3,(H2,70,92)(H,71,75)(H,72,76)(H,73,87)(H,88,89)(H,90,91)(H,94,95)/b24-13+,31-18+,32-23+/t34-,39-,40-,41+,43-,44-,45-,46-,47-,48+,49+,50-,51-,52-,53-,54-,55+,56-,57-,58-,62+,63+,64-,65-,66-,69+/m1/s1. The number of ether oxygens (including phenoxy) is 11. The van der Waals surface area contributed by atoms with Crippen LogP contribution in [0.5, 0.6) is 0 Å². The highest BCUT2D eigenvalue weighted by Gasteiger charge is 2.63.